The van der Waals surface area contributed by atoms with Crippen molar-refractivity contribution < 1.29 is 10.2 Å². The Hall–Kier alpha value is -1.61. The molecule has 3 N–H and O–H groups in total. The summed E-state index contributed by atoms with van der Waals surface area (Å²) in [6.07, 6.45) is 0. The number of phenolic OH excluding ortho intramolecular Hbond substituents is 2. The molecule has 4 heteroatoms. The summed E-state index contributed by atoms with van der Waals surface area (Å²) in [4.78, 5) is 0. The van der Waals surface area contributed by atoms with E-state index in [4.69, 9.17) is 11.6 Å². The third-order valence-electron chi connectivity index (χ3n) is 2.35. The lowest BCUT2D eigenvalue weighted by molar-refractivity contribution is 0.471. The molecule has 0 saturated carbocycles. The molecule has 3 nitrogen and oxygen atoms in total. The second-order valence-electron chi connectivity index (χ2n) is 3.18. The minimum atomic E-state index is -0.0191. The van der Waals surface area contributed by atoms with E-state index in [1.165, 1.54) is 0 Å². The van der Waals surface area contributed by atoms with Gasteiger partial charge in [-0.25, -0.2) is 0 Å². The van der Waals surface area contributed by atoms with Gasteiger partial charge in [-0.15, -0.1) is 0 Å². The normalized spacial score (nSPS) is 10.5. The SMILES string of the molecule is CNc1c(Cl)c(O)c2ccccc2c1O. The molecule has 0 aliphatic rings. The molecule has 0 saturated heterocycles. The number of anilines is 1. The molecular weight excluding hydrogens is 214 g/mol. The molecule has 2 aromatic carbocycles. The Labute approximate surface area is 91.9 Å². The van der Waals surface area contributed by atoms with Crippen LogP contribution in [0.1, 0.15) is 0 Å². The number of rotatable bonds is 1. The maximum atomic E-state index is 9.90. The van der Waals surface area contributed by atoms with Crippen molar-refractivity contribution in [3.8, 4) is 11.5 Å². The van der Waals surface area contributed by atoms with Crippen LogP contribution in [0.25, 0.3) is 10.8 Å². The average Bonchev–Trinajstić information content (AvgIpc) is 2.27. The van der Waals surface area contributed by atoms with Gasteiger partial charge >= 0.3 is 0 Å². The van der Waals surface area contributed by atoms with Crippen molar-refractivity contribution in [2.75, 3.05) is 12.4 Å². The summed E-state index contributed by atoms with van der Waals surface area (Å²) in [5, 5.41) is 23.7. The van der Waals surface area contributed by atoms with Gasteiger partial charge < -0.3 is 15.5 Å². The quantitative estimate of drug-likeness (QED) is 0.515. The van der Waals surface area contributed by atoms with Gasteiger partial charge in [0.05, 0.1) is 5.69 Å². The van der Waals surface area contributed by atoms with Gasteiger partial charge in [-0.1, -0.05) is 35.9 Å². The summed E-state index contributed by atoms with van der Waals surface area (Å²) < 4.78 is 0. The highest BCUT2D eigenvalue weighted by Crippen LogP contribution is 2.45. The number of benzene rings is 2. The fraction of sp³-hybridized carbons (Fsp3) is 0.0909. The van der Waals surface area contributed by atoms with Gasteiger partial charge in [0.1, 0.15) is 16.5 Å². The van der Waals surface area contributed by atoms with Gasteiger partial charge in [0, 0.05) is 17.8 Å². The third-order valence-corrected chi connectivity index (χ3v) is 2.72. The van der Waals surface area contributed by atoms with E-state index in [1.54, 1.807) is 31.3 Å². The van der Waals surface area contributed by atoms with Crippen molar-refractivity contribution in [2.24, 2.45) is 0 Å². The lowest BCUT2D eigenvalue weighted by Crippen LogP contribution is -1.91. The minimum Gasteiger partial charge on any atom is -0.506 e. The molecule has 2 rings (SSSR count). The zero-order valence-corrected chi connectivity index (χ0v) is 8.84. The van der Waals surface area contributed by atoms with Crippen molar-refractivity contribution in [1.29, 1.82) is 0 Å². The highest BCUT2D eigenvalue weighted by Gasteiger charge is 2.15. The molecule has 0 aliphatic heterocycles. The molecule has 0 amide bonds. The van der Waals surface area contributed by atoms with Crippen molar-refractivity contribution in [3.05, 3.63) is 29.3 Å². The van der Waals surface area contributed by atoms with Crippen LogP contribution in [-0.2, 0) is 0 Å². The topological polar surface area (TPSA) is 52.5 Å². The standard InChI is InChI=1S/C11H10ClNO2/c1-13-9-8(12)10(14)6-4-2-3-5-7(6)11(9)15/h2-5,13-15H,1H3. The second-order valence-corrected chi connectivity index (χ2v) is 3.56. The molecule has 15 heavy (non-hydrogen) atoms. The van der Waals surface area contributed by atoms with Gasteiger partial charge in [-0.2, -0.15) is 0 Å². The highest BCUT2D eigenvalue weighted by molar-refractivity contribution is 6.36. The smallest absolute Gasteiger partial charge is 0.148 e. The predicted octanol–water partition coefficient (Wildman–Crippen LogP) is 2.95. The Balaban J connectivity index is 2.96. The maximum Gasteiger partial charge on any atom is 0.148 e. The number of phenols is 2. The first-order valence-corrected chi connectivity index (χ1v) is 4.84. The van der Waals surface area contributed by atoms with Crippen molar-refractivity contribution in [3.63, 3.8) is 0 Å². The van der Waals surface area contributed by atoms with Gasteiger partial charge in [0.15, 0.2) is 0 Å². The van der Waals surface area contributed by atoms with Crippen molar-refractivity contribution in [1.82, 2.24) is 0 Å². The summed E-state index contributed by atoms with van der Waals surface area (Å²) in [6.45, 7) is 0. The van der Waals surface area contributed by atoms with Crippen LogP contribution < -0.4 is 5.32 Å². The number of hydrogen-bond acceptors (Lipinski definition) is 3. The first-order valence-electron chi connectivity index (χ1n) is 4.46. The highest BCUT2D eigenvalue weighted by atomic mass is 35.5. The molecule has 78 valence electrons. The summed E-state index contributed by atoms with van der Waals surface area (Å²) in [5.41, 5.74) is 0.341. The molecule has 0 spiro atoms. The number of nitrogens with one attached hydrogen (secondary N) is 1. The minimum absolute atomic E-state index is 0.0191. The summed E-state index contributed by atoms with van der Waals surface area (Å²) in [5.74, 6) is 0.0327. The Morgan fingerprint density at radius 2 is 1.60 bits per heavy atom. The van der Waals surface area contributed by atoms with Crippen LogP contribution in [0.2, 0.25) is 5.02 Å². The zero-order valence-electron chi connectivity index (χ0n) is 8.08. The summed E-state index contributed by atoms with van der Waals surface area (Å²) >= 11 is 5.91. The second kappa shape index (κ2) is 3.51. The maximum absolute atomic E-state index is 9.90. The zero-order chi connectivity index (χ0) is 11.0. The number of halogens is 1. The Bertz CT molecular complexity index is 525. The molecule has 0 fully saturated rings. The average molecular weight is 224 g/mol. The Kier molecular flexibility index (Phi) is 2.32. The predicted molar refractivity (Wildman–Crippen MR) is 61.8 cm³/mol. The molecule has 0 heterocycles. The Morgan fingerprint density at radius 3 is 2.13 bits per heavy atom. The molecule has 0 atom stereocenters. The van der Waals surface area contributed by atoms with E-state index in [2.05, 4.69) is 5.32 Å². The number of fused-ring (bicyclic) bond motifs is 1. The Morgan fingerprint density at radius 1 is 1.07 bits per heavy atom. The van der Waals surface area contributed by atoms with Crippen LogP contribution in [0.15, 0.2) is 24.3 Å². The fourth-order valence-corrected chi connectivity index (χ4v) is 1.89. The monoisotopic (exact) mass is 223 g/mol. The first-order chi connectivity index (χ1) is 7.16. The van der Waals surface area contributed by atoms with E-state index in [9.17, 15) is 10.2 Å². The van der Waals surface area contributed by atoms with Gasteiger partial charge in [0.2, 0.25) is 0 Å². The van der Waals surface area contributed by atoms with E-state index >= 15 is 0 Å². The molecule has 0 aliphatic carbocycles. The molecule has 0 radical (unpaired) electrons. The first kappa shape index (κ1) is 9.93. The van der Waals surface area contributed by atoms with E-state index in [0.29, 0.717) is 16.5 Å². The van der Waals surface area contributed by atoms with Crippen LogP contribution in [0.3, 0.4) is 0 Å². The van der Waals surface area contributed by atoms with Crippen LogP contribution >= 0.6 is 11.6 Å². The van der Waals surface area contributed by atoms with Crippen LogP contribution in [0.5, 0.6) is 11.5 Å². The fourth-order valence-electron chi connectivity index (χ4n) is 1.60. The van der Waals surface area contributed by atoms with Crippen LogP contribution in [0.4, 0.5) is 5.69 Å². The van der Waals surface area contributed by atoms with E-state index in [-0.39, 0.29) is 16.5 Å². The van der Waals surface area contributed by atoms with Gasteiger partial charge in [-0.3, -0.25) is 0 Å². The lowest BCUT2D eigenvalue weighted by Gasteiger charge is -2.11. The molecule has 0 bridgehead atoms. The van der Waals surface area contributed by atoms with Crippen molar-refractivity contribution >= 4 is 28.1 Å². The lowest BCUT2D eigenvalue weighted by atomic mass is 10.1. The van der Waals surface area contributed by atoms with Crippen LogP contribution in [0, 0.1) is 0 Å². The largest absolute Gasteiger partial charge is 0.506 e. The molecule has 0 aromatic heterocycles. The van der Waals surface area contributed by atoms with Gasteiger partial charge in [-0.05, 0) is 0 Å². The van der Waals surface area contributed by atoms with E-state index in [1.807, 2.05) is 0 Å². The number of aromatic hydroxyl groups is 2. The molecular formula is C11H10ClNO2. The number of hydrogen-bond donors (Lipinski definition) is 3. The van der Waals surface area contributed by atoms with E-state index < -0.39 is 0 Å². The summed E-state index contributed by atoms with van der Waals surface area (Å²) in [7, 11) is 1.63. The van der Waals surface area contributed by atoms with Gasteiger partial charge in [0.25, 0.3) is 0 Å². The van der Waals surface area contributed by atoms with E-state index in [0.717, 1.165) is 0 Å². The third kappa shape index (κ3) is 1.36. The summed E-state index contributed by atoms with van der Waals surface area (Å²) in [6, 6.07) is 6.99. The van der Waals surface area contributed by atoms with Crippen molar-refractivity contribution in [2.45, 2.75) is 0 Å². The van der Waals surface area contributed by atoms with Crippen LogP contribution in [-0.4, -0.2) is 17.3 Å². The molecule has 0 unspecified atom stereocenters. The molecule has 2 aromatic rings.